The molecule has 166 valence electrons. The summed E-state index contributed by atoms with van der Waals surface area (Å²) < 4.78 is 0. The molecule has 1 aliphatic rings. The minimum atomic E-state index is -0.307. The number of para-hydroxylation sites is 1. The molecule has 1 aliphatic heterocycles. The number of hydrogen-bond donors (Lipinski definition) is 0. The molecular formula is C29H23N3O2. The Kier molecular flexibility index (Phi) is 5.04. The molecule has 0 unspecified atom stereocenters. The number of aromatic nitrogens is 1. The van der Waals surface area contributed by atoms with Crippen LogP contribution in [0.5, 0.6) is 0 Å². The third kappa shape index (κ3) is 3.51. The number of pyridine rings is 1. The number of nitro groups is 1. The first-order chi connectivity index (χ1) is 16.7. The van der Waals surface area contributed by atoms with Crippen LogP contribution in [0.1, 0.15) is 16.7 Å². The monoisotopic (exact) mass is 445 g/mol. The molecule has 0 fully saturated rings. The molecule has 0 saturated heterocycles. The average Bonchev–Trinajstić information content (AvgIpc) is 2.88. The minimum Gasteiger partial charge on any atom is -0.294 e. The lowest BCUT2D eigenvalue weighted by Gasteiger charge is -2.31. The molecule has 4 aromatic carbocycles. The van der Waals surface area contributed by atoms with Crippen LogP contribution in [0.15, 0.2) is 91.0 Å². The van der Waals surface area contributed by atoms with E-state index in [0.29, 0.717) is 12.1 Å². The molecule has 5 heteroatoms. The van der Waals surface area contributed by atoms with E-state index in [1.54, 1.807) is 12.1 Å². The highest BCUT2D eigenvalue weighted by molar-refractivity contribution is 6.09. The Bertz CT molecular complexity index is 1550. The van der Waals surface area contributed by atoms with E-state index >= 15 is 0 Å². The molecule has 0 aliphatic carbocycles. The maximum Gasteiger partial charge on any atom is 0.278 e. The molecule has 0 N–H and O–H groups in total. The van der Waals surface area contributed by atoms with E-state index in [1.165, 1.54) is 27.3 Å². The Labute approximate surface area is 197 Å². The molecule has 5 aromatic rings. The van der Waals surface area contributed by atoms with Crippen molar-refractivity contribution in [3.8, 4) is 11.3 Å². The largest absolute Gasteiger partial charge is 0.294 e. The van der Waals surface area contributed by atoms with Gasteiger partial charge < -0.3 is 0 Å². The van der Waals surface area contributed by atoms with Gasteiger partial charge in [0.25, 0.3) is 5.69 Å². The Morgan fingerprint density at radius 1 is 0.853 bits per heavy atom. The first-order valence-electron chi connectivity index (χ1n) is 11.5. The van der Waals surface area contributed by atoms with Crippen LogP contribution >= 0.6 is 0 Å². The molecule has 2 heterocycles. The molecule has 0 radical (unpaired) electrons. The van der Waals surface area contributed by atoms with E-state index in [-0.39, 0.29) is 10.6 Å². The summed E-state index contributed by atoms with van der Waals surface area (Å²) in [4.78, 5) is 19.0. The lowest BCUT2D eigenvalue weighted by molar-refractivity contribution is -0.384. The highest BCUT2D eigenvalue weighted by Gasteiger charge is 2.27. The van der Waals surface area contributed by atoms with E-state index in [0.717, 1.165) is 36.3 Å². The van der Waals surface area contributed by atoms with Gasteiger partial charge in [0.1, 0.15) is 0 Å². The number of hydrogen-bond acceptors (Lipinski definition) is 4. The summed E-state index contributed by atoms with van der Waals surface area (Å²) in [7, 11) is 0. The van der Waals surface area contributed by atoms with Crippen molar-refractivity contribution in [2.45, 2.75) is 19.5 Å². The van der Waals surface area contributed by atoms with Gasteiger partial charge in [-0.15, -0.1) is 0 Å². The fourth-order valence-corrected chi connectivity index (χ4v) is 5.20. The van der Waals surface area contributed by atoms with Gasteiger partial charge >= 0.3 is 0 Å². The number of nitrogens with zero attached hydrogens (tertiary/aromatic N) is 3. The zero-order valence-corrected chi connectivity index (χ0v) is 18.6. The number of benzene rings is 4. The molecule has 0 amide bonds. The van der Waals surface area contributed by atoms with E-state index in [1.807, 2.05) is 24.3 Å². The van der Waals surface area contributed by atoms with Crippen LogP contribution in [0.3, 0.4) is 0 Å². The molecule has 6 rings (SSSR count). The number of nitro benzene ring substituents is 1. The third-order valence-corrected chi connectivity index (χ3v) is 6.76. The zero-order valence-electron chi connectivity index (χ0n) is 18.6. The lowest BCUT2D eigenvalue weighted by atomic mass is 9.89. The van der Waals surface area contributed by atoms with Gasteiger partial charge in [-0.2, -0.15) is 0 Å². The normalized spacial score (nSPS) is 13.8. The Morgan fingerprint density at radius 2 is 1.62 bits per heavy atom. The van der Waals surface area contributed by atoms with Gasteiger partial charge in [-0.1, -0.05) is 72.8 Å². The summed E-state index contributed by atoms with van der Waals surface area (Å²) in [5, 5.41) is 15.4. The van der Waals surface area contributed by atoms with Gasteiger partial charge in [-0.3, -0.25) is 15.0 Å². The van der Waals surface area contributed by atoms with Crippen molar-refractivity contribution in [1.29, 1.82) is 0 Å². The topological polar surface area (TPSA) is 59.3 Å². The van der Waals surface area contributed by atoms with Crippen LogP contribution < -0.4 is 0 Å². The minimum absolute atomic E-state index is 0.0949. The van der Waals surface area contributed by atoms with Crippen molar-refractivity contribution in [3.63, 3.8) is 0 Å². The van der Waals surface area contributed by atoms with Crippen molar-refractivity contribution in [2.24, 2.45) is 0 Å². The van der Waals surface area contributed by atoms with Gasteiger partial charge in [-0.05, 0) is 46.0 Å². The summed E-state index contributed by atoms with van der Waals surface area (Å²) >= 11 is 0. The molecule has 5 nitrogen and oxygen atoms in total. The summed E-state index contributed by atoms with van der Waals surface area (Å²) in [6, 6.07) is 29.9. The predicted octanol–water partition coefficient (Wildman–Crippen LogP) is 6.52. The Morgan fingerprint density at radius 3 is 2.47 bits per heavy atom. The molecule has 34 heavy (non-hydrogen) atoms. The first kappa shape index (κ1) is 20.5. The van der Waals surface area contributed by atoms with E-state index in [2.05, 4.69) is 59.5 Å². The average molecular weight is 446 g/mol. The first-order valence-corrected chi connectivity index (χ1v) is 11.5. The highest BCUT2D eigenvalue weighted by atomic mass is 16.6. The zero-order chi connectivity index (χ0) is 23.1. The summed E-state index contributed by atoms with van der Waals surface area (Å²) in [5.74, 6) is 0. The van der Waals surface area contributed by atoms with Crippen molar-refractivity contribution in [3.05, 3.63) is 118 Å². The smallest absolute Gasteiger partial charge is 0.278 e. The number of rotatable bonds is 4. The highest BCUT2D eigenvalue weighted by Crippen LogP contribution is 2.40. The van der Waals surface area contributed by atoms with Gasteiger partial charge in [0, 0.05) is 31.1 Å². The second-order valence-electron chi connectivity index (χ2n) is 8.82. The molecular weight excluding hydrogens is 422 g/mol. The summed E-state index contributed by atoms with van der Waals surface area (Å²) in [6.45, 7) is 2.47. The van der Waals surface area contributed by atoms with E-state index in [9.17, 15) is 10.1 Å². The van der Waals surface area contributed by atoms with Gasteiger partial charge in [-0.25, -0.2) is 4.98 Å². The van der Waals surface area contributed by atoms with Crippen molar-refractivity contribution >= 4 is 27.4 Å². The van der Waals surface area contributed by atoms with Crippen LogP contribution in [0, 0.1) is 10.1 Å². The van der Waals surface area contributed by atoms with Gasteiger partial charge in [0.05, 0.1) is 21.7 Å². The maximum absolute atomic E-state index is 11.9. The van der Waals surface area contributed by atoms with Crippen molar-refractivity contribution in [1.82, 2.24) is 9.88 Å². The fraction of sp³-hybridized carbons (Fsp3) is 0.138. The molecule has 0 atom stereocenters. The fourth-order valence-electron chi connectivity index (χ4n) is 5.20. The Hall–Kier alpha value is -4.09. The van der Waals surface area contributed by atoms with Crippen LogP contribution in [-0.2, 0) is 19.5 Å². The predicted molar refractivity (Wildman–Crippen MR) is 136 cm³/mol. The quantitative estimate of drug-likeness (QED) is 0.179. The summed E-state index contributed by atoms with van der Waals surface area (Å²) in [5.41, 5.74) is 5.92. The van der Waals surface area contributed by atoms with Crippen LogP contribution in [0.2, 0.25) is 0 Å². The second kappa shape index (κ2) is 8.36. The third-order valence-electron chi connectivity index (χ3n) is 6.76. The molecule has 1 aromatic heterocycles. The molecule has 0 spiro atoms. The number of fused-ring (bicyclic) bond motifs is 5. The Balaban J connectivity index is 1.58. The van der Waals surface area contributed by atoms with Crippen molar-refractivity contribution < 1.29 is 4.92 Å². The molecule has 0 bridgehead atoms. The molecule has 0 saturated carbocycles. The van der Waals surface area contributed by atoms with E-state index < -0.39 is 0 Å². The lowest BCUT2D eigenvalue weighted by Crippen LogP contribution is -2.31. The van der Waals surface area contributed by atoms with Crippen molar-refractivity contribution in [2.75, 3.05) is 6.54 Å². The van der Waals surface area contributed by atoms with Gasteiger partial charge in [0.15, 0.2) is 0 Å². The van der Waals surface area contributed by atoms with Crippen LogP contribution in [0.4, 0.5) is 5.69 Å². The standard InChI is InChI=1S/C29H23N3O2/c33-32(34)27-13-7-6-12-24(27)29-25-19-31(18-20-8-2-1-3-9-20)17-16-23(25)28-22-11-5-4-10-21(22)14-15-26(28)30-29/h1-15H,16-19H2. The SMILES string of the molecule is O=[N+]([O-])c1ccccc1-c1nc2ccc3ccccc3c2c2c1CN(Cc1ccccc1)CC2. The van der Waals surface area contributed by atoms with Crippen LogP contribution in [-0.4, -0.2) is 21.4 Å². The summed E-state index contributed by atoms with van der Waals surface area (Å²) in [6.07, 6.45) is 0.878. The van der Waals surface area contributed by atoms with E-state index in [4.69, 9.17) is 4.98 Å². The maximum atomic E-state index is 11.9. The van der Waals surface area contributed by atoms with Gasteiger partial charge in [0.2, 0.25) is 0 Å². The second-order valence-corrected chi connectivity index (χ2v) is 8.82. The van der Waals surface area contributed by atoms with Crippen LogP contribution in [0.25, 0.3) is 32.9 Å².